The normalized spacial score (nSPS) is 33.4. The number of hydrogen-bond acceptors (Lipinski definition) is 2. The van der Waals surface area contributed by atoms with Gasteiger partial charge in [0.05, 0.1) is 5.25 Å². The first-order chi connectivity index (χ1) is 10.8. The molecule has 128 valence electrons. The predicted molar refractivity (Wildman–Crippen MR) is 85.5 cm³/mol. The first-order valence-electron chi connectivity index (χ1n) is 8.24. The molecule has 1 aliphatic heterocycles. The number of rotatable bonds is 2. The van der Waals surface area contributed by atoms with Crippen LogP contribution in [0.3, 0.4) is 0 Å². The van der Waals surface area contributed by atoms with Crippen molar-refractivity contribution >= 4 is 10.0 Å². The van der Waals surface area contributed by atoms with Gasteiger partial charge in [0.2, 0.25) is 10.0 Å². The molecule has 23 heavy (non-hydrogen) atoms. The molecule has 0 aromatic heterocycles. The van der Waals surface area contributed by atoms with E-state index >= 15 is 0 Å². The zero-order chi connectivity index (χ0) is 16.8. The van der Waals surface area contributed by atoms with Crippen molar-refractivity contribution in [3.05, 3.63) is 35.4 Å². The van der Waals surface area contributed by atoms with E-state index in [1.54, 1.807) is 0 Å². The Labute approximate surface area is 136 Å². The number of hydrogen-bond donors (Lipinski definition) is 1. The topological polar surface area (TPSA) is 46.2 Å². The Morgan fingerprint density at radius 1 is 1.17 bits per heavy atom. The fourth-order valence-electron chi connectivity index (χ4n) is 4.14. The van der Waals surface area contributed by atoms with Crippen molar-refractivity contribution in [3.8, 4) is 0 Å². The molecule has 0 spiro atoms. The van der Waals surface area contributed by atoms with Gasteiger partial charge in [-0.1, -0.05) is 13.8 Å². The van der Waals surface area contributed by atoms with E-state index in [1.807, 2.05) is 13.8 Å². The van der Waals surface area contributed by atoms with Gasteiger partial charge in [0.25, 0.3) is 0 Å². The van der Waals surface area contributed by atoms with Gasteiger partial charge in [0.15, 0.2) is 0 Å². The second-order valence-corrected chi connectivity index (χ2v) is 9.15. The largest absolute Gasteiger partial charge is 0.215 e. The van der Waals surface area contributed by atoms with E-state index in [2.05, 4.69) is 4.72 Å². The molecular weight excluding hydrogens is 320 g/mol. The lowest BCUT2D eigenvalue weighted by atomic mass is 9.73. The van der Waals surface area contributed by atoms with E-state index < -0.39 is 21.1 Å². The van der Waals surface area contributed by atoms with Crippen LogP contribution in [0, 0.1) is 23.5 Å². The van der Waals surface area contributed by atoms with Crippen molar-refractivity contribution in [1.82, 2.24) is 4.72 Å². The molecule has 0 radical (unpaired) electrons. The zero-order valence-corrected chi connectivity index (χ0v) is 14.2. The van der Waals surface area contributed by atoms with Gasteiger partial charge in [0, 0.05) is 6.04 Å². The van der Waals surface area contributed by atoms with Crippen molar-refractivity contribution < 1.29 is 17.2 Å². The van der Waals surface area contributed by atoms with Gasteiger partial charge in [0.1, 0.15) is 11.6 Å². The third-order valence-corrected chi connectivity index (χ3v) is 7.54. The van der Waals surface area contributed by atoms with Crippen LogP contribution in [-0.2, 0) is 10.0 Å². The van der Waals surface area contributed by atoms with Crippen LogP contribution in [0.15, 0.2) is 18.2 Å². The summed E-state index contributed by atoms with van der Waals surface area (Å²) in [6.45, 7) is 3.83. The number of benzene rings is 1. The fourth-order valence-corrected chi connectivity index (χ4v) is 6.27. The van der Waals surface area contributed by atoms with Crippen molar-refractivity contribution in [1.29, 1.82) is 0 Å². The maximum atomic E-state index is 14.0. The molecule has 1 aliphatic carbocycles. The molecular formula is C17H23F2NO2S. The minimum absolute atomic E-state index is 0.0395. The van der Waals surface area contributed by atoms with E-state index in [0.29, 0.717) is 31.2 Å². The van der Waals surface area contributed by atoms with Crippen LogP contribution in [0.2, 0.25) is 0 Å². The molecule has 1 saturated heterocycles. The van der Waals surface area contributed by atoms with Crippen LogP contribution >= 0.6 is 0 Å². The van der Waals surface area contributed by atoms with Crippen LogP contribution in [0.5, 0.6) is 0 Å². The van der Waals surface area contributed by atoms with Gasteiger partial charge in [-0.25, -0.2) is 21.9 Å². The maximum absolute atomic E-state index is 14.0. The van der Waals surface area contributed by atoms with E-state index in [9.17, 15) is 17.2 Å². The van der Waals surface area contributed by atoms with Crippen LogP contribution in [0.25, 0.3) is 0 Å². The molecule has 3 nitrogen and oxygen atoms in total. The molecule has 4 atom stereocenters. The summed E-state index contributed by atoms with van der Waals surface area (Å²) in [5.41, 5.74) is 0.429. The summed E-state index contributed by atoms with van der Waals surface area (Å²) in [5, 5.41) is -0.403. The highest BCUT2D eigenvalue weighted by Gasteiger charge is 2.44. The summed E-state index contributed by atoms with van der Waals surface area (Å²) in [6, 6.07) is 3.53. The van der Waals surface area contributed by atoms with Gasteiger partial charge in [-0.15, -0.1) is 0 Å². The highest BCUT2D eigenvalue weighted by molar-refractivity contribution is 7.90. The smallest absolute Gasteiger partial charge is 0.212 e. The lowest BCUT2D eigenvalue weighted by molar-refractivity contribution is 0.220. The summed E-state index contributed by atoms with van der Waals surface area (Å²) in [7, 11) is -3.27. The molecule has 1 aromatic carbocycles. The van der Waals surface area contributed by atoms with Gasteiger partial charge in [-0.3, -0.25) is 0 Å². The lowest BCUT2D eigenvalue weighted by Crippen LogP contribution is -2.54. The fraction of sp³-hybridized carbons (Fsp3) is 0.647. The zero-order valence-electron chi connectivity index (χ0n) is 13.4. The van der Waals surface area contributed by atoms with Crippen molar-refractivity contribution in [2.75, 3.05) is 0 Å². The second-order valence-electron chi connectivity index (χ2n) is 7.22. The molecule has 2 unspecified atom stereocenters. The van der Waals surface area contributed by atoms with E-state index in [4.69, 9.17) is 0 Å². The Hall–Kier alpha value is -1.01. The highest BCUT2D eigenvalue weighted by atomic mass is 32.2. The Morgan fingerprint density at radius 3 is 2.61 bits per heavy atom. The molecule has 2 fully saturated rings. The van der Waals surface area contributed by atoms with Crippen molar-refractivity contribution in [2.24, 2.45) is 11.8 Å². The minimum Gasteiger partial charge on any atom is -0.212 e. The maximum Gasteiger partial charge on any atom is 0.215 e. The summed E-state index contributed by atoms with van der Waals surface area (Å²) in [4.78, 5) is 0. The molecule has 0 bridgehead atoms. The molecule has 1 aromatic rings. The third kappa shape index (κ3) is 3.29. The minimum atomic E-state index is -3.27. The van der Waals surface area contributed by atoms with Crippen molar-refractivity contribution in [2.45, 2.75) is 56.7 Å². The summed E-state index contributed by atoms with van der Waals surface area (Å²) in [5.74, 6) is -0.603. The first-order valence-corrected chi connectivity index (χ1v) is 9.78. The number of nitrogens with one attached hydrogen (secondary N) is 1. The molecule has 1 heterocycles. The van der Waals surface area contributed by atoms with Crippen molar-refractivity contribution in [3.63, 3.8) is 0 Å². The van der Waals surface area contributed by atoms with Crippen LogP contribution in [-0.4, -0.2) is 19.7 Å². The first kappa shape index (κ1) is 16.8. The average molecular weight is 343 g/mol. The SMILES string of the molecule is CC(C)[C@@H]1C[C@@H]2CC(c3cc(F)ccc3F)CCC2NS1(=O)=O. The van der Waals surface area contributed by atoms with E-state index in [0.717, 1.165) is 6.07 Å². The van der Waals surface area contributed by atoms with E-state index in [1.165, 1.54) is 12.1 Å². The molecule has 0 amide bonds. The number of halogens is 2. The van der Waals surface area contributed by atoms with Gasteiger partial charge in [-0.05, 0) is 67.2 Å². The summed E-state index contributed by atoms with van der Waals surface area (Å²) in [6.07, 6.45) is 2.66. The third-order valence-electron chi connectivity index (χ3n) is 5.37. The average Bonchev–Trinajstić information content (AvgIpc) is 2.47. The highest BCUT2D eigenvalue weighted by Crippen LogP contribution is 2.43. The monoisotopic (exact) mass is 343 g/mol. The van der Waals surface area contributed by atoms with Crippen LogP contribution < -0.4 is 4.72 Å². The van der Waals surface area contributed by atoms with Crippen LogP contribution in [0.4, 0.5) is 8.78 Å². The van der Waals surface area contributed by atoms with Crippen LogP contribution in [0.1, 0.15) is 51.0 Å². The molecule has 3 rings (SSSR count). The second kappa shape index (κ2) is 6.13. The predicted octanol–water partition coefficient (Wildman–Crippen LogP) is 3.56. The Kier molecular flexibility index (Phi) is 4.49. The van der Waals surface area contributed by atoms with Gasteiger partial charge >= 0.3 is 0 Å². The lowest BCUT2D eigenvalue weighted by Gasteiger charge is -2.43. The van der Waals surface area contributed by atoms with Gasteiger partial charge < -0.3 is 0 Å². The standard InChI is InChI=1S/C17H23F2NO2S/c1-10(2)17-8-12-7-11(3-6-16(12)20-23(17,21)22)14-9-13(18)4-5-15(14)19/h4-5,9-12,16-17,20H,3,6-8H2,1-2H3/t11?,12-,16?,17-/m0/s1. The Bertz CT molecular complexity index is 690. The Morgan fingerprint density at radius 2 is 1.91 bits per heavy atom. The number of sulfonamides is 1. The molecule has 1 N–H and O–H groups in total. The number of fused-ring (bicyclic) bond motifs is 1. The molecule has 1 saturated carbocycles. The summed E-state index contributed by atoms with van der Waals surface area (Å²) < 4.78 is 54.9. The molecule has 2 aliphatic rings. The Balaban J connectivity index is 1.81. The molecule has 6 heteroatoms. The quantitative estimate of drug-likeness (QED) is 0.892. The summed E-state index contributed by atoms with van der Waals surface area (Å²) >= 11 is 0. The van der Waals surface area contributed by atoms with Gasteiger partial charge in [-0.2, -0.15) is 0 Å². The van der Waals surface area contributed by atoms with E-state index in [-0.39, 0.29) is 29.6 Å².